The lowest BCUT2D eigenvalue weighted by atomic mass is 10.1. The topological polar surface area (TPSA) is 112 Å². The van der Waals surface area contributed by atoms with Crippen molar-refractivity contribution in [3.63, 3.8) is 0 Å². The van der Waals surface area contributed by atoms with E-state index in [1.54, 1.807) is 36.4 Å². The minimum atomic E-state index is -0.141. The molecule has 0 unspecified atom stereocenters. The SMILES string of the molecule is O=C(C=Cc1ccc(OCCOCCOCCOc2ccc(C=CC(=O)c3ccc(O)cc3)cc2)cc1)c1ccc(O)cc1. The molecule has 226 valence electrons. The average molecular weight is 595 g/mol. The summed E-state index contributed by atoms with van der Waals surface area (Å²) in [4.78, 5) is 24.4. The third-order valence-electron chi connectivity index (χ3n) is 6.28. The Morgan fingerprint density at radius 3 is 1.18 bits per heavy atom. The fourth-order valence-electron chi connectivity index (χ4n) is 3.90. The summed E-state index contributed by atoms with van der Waals surface area (Å²) in [5.41, 5.74) is 2.75. The molecule has 4 aromatic carbocycles. The Kier molecular flexibility index (Phi) is 12.3. The van der Waals surface area contributed by atoms with E-state index in [-0.39, 0.29) is 23.1 Å². The highest BCUT2D eigenvalue weighted by molar-refractivity contribution is 6.07. The Morgan fingerprint density at radius 1 is 0.477 bits per heavy atom. The molecule has 8 nitrogen and oxygen atoms in total. The van der Waals surface area contributed by atoms with Gasteiger partial charge >= 0.3 is 0 Å². The number of phenols is 2. The number of carbonyl (C=O) groups is 2. The van der Waals surface area contributed by atoms with Crippen molar-refractivity contribution in [1.82, 2.24) is 0 Å². The largest absolute Gasteiger partial charge is 0.508 e. The molecule has 0 aliphatic carbocycles. The molecule has 4 rings (SSSR count). The van der Waals surface area contributed by atoms with Gasteiger partial charge in [-0.15, -0.1) is 0 Å². The molecule has 0 saturated carbocycles. The van der Waals surface area contributed by atoms with Gasteiger partial charge in [0.25, 0.3) is 0 Å². The minimum Gasteiger partial charge on any atom is -0.508 e. The number of benzene rings is 4. The summed E-state index contributed by atoms with van der Waals surface area (Å²) < 4.78 is 22.5. The van der Waals surface area contributed by atoms with Crippen molar-refractivity contribution in [2.24, 2.45) is 0 Å². The van der Waals surface area contributed by atoms with Gasteiger partial charge in [0.05, 0.1) is 26.4 Å². The van der Waals surface area contributed by atoms with Crippen LogP contribution in [0.4, 0.5) is 0 Å². The van der Waals surface area contributed by atoms with Gasteiger partial charge in [0.15, 0.2) is 11.6 Å². The van der Waals surface area contributed by atoms with Gasteiger partial charge in [0.1, 0.15) is 36.2 Å². The second-order valence-electron chi connectivity index (χ2n) is 9.55. The number of rotatable bonds is 17. The molecule has 4 aromatic rings. The van der Waals surface area contributed by atoms with Crippen LogP contribution in [-0.4, -0.2) is 61.4 Å². The van der Waals surface area contributed by atoms with E-state index in [1.807, 2.05) is 48.5 Å². The summed E-state index contributed by atoms with van der Waals surface area (Å²) in [5.74, 6) is 1.37. The van der Waals surface area contributed by atoms with Crippen molar-refractivity contribution in [2.45, 2.75) is 0 Å². The van der Waals surface area contributed by atoms with Crippen molar-refractivity contribution >= 4 is 23.7 Å². The molecule has 0 aliphatic heterocycles. The summed E-state index contributed by atoms with van der Waals surface area (Å²) in [7, 11) is 0. The molecular weight excluding hydrogens is 560 g/mol. The fraction of sp³-hybridized carbons (Fsp3) is 0.167. The predicted octanol–water partition coefficient (Wildman–Crippen LogP) is 6.38. The maximum absolute atomic E-state index is 12.2. The fourth-order valence-corrected chi connectivity index (χ4v) is 3.90. The number of ether oxygens (including phenoxy) is 4. The maximum atomic E-state index is 12.2. The highest BCUT2D eigenvalue weighted by Gasteiger charge is 2.03. The summed E-state index contributed by atoms with van der Waals surface area (Å²) in [5, 5.41) is 18.7. The lowest BCUT2D eigenvalue weighted by Gasteiger charge is -2.09. The number of hydrogen-bond acceptors (Lipinski definition) is 8. The van der Waals surface area contributed by atoms with Crippen LogP contribution in [0.5, 0.6) is 23.0 Å². The first-order valence-corrected chi connectivity index (χ1v) is 14.1. The van der Waals surface area contributed by atoms with Crippen LogP contribution in [0.3, 0.4) is 0 Å². The van der Waals surface area contributed by atoms with E-state index in [4.69, 9.17) is 18.9 Å². The maximum Gasteiger partial charge on any atom is 0.185 e. The number of phenolic OH excluding ortho intramolecular Hbond substituents is 2. The normalized spacial score (nSPS) is 11.2. The van der Waals surface area contributed by atoms with Crippen molar-refractivity contribution < 1.29 is 38.7 Å². The van der Waals surface area contributed by atoms with Crippen LogP contribution in [0.25, 0.3) is 12.2 Å². The molecule has 0 heterocycles. The average Bonchev–Trinajstić information content (AvgIpc) is 3.05. The van der Waals surface area contributed by atoms with Crippen molar-refractivity contribution in [3.8, 4) is 23.0 Å². The molecule has 0 fully saturated rings. The van der Waals surface area contributed by atoms with Crippen molar-refractivity contribution in [1.29, 1.82) is 0 Å². The first kappa shape index (κ1) is 31.7. The lowest BCUT2D eigenvalue weighted by Crippen LogP contribution is -2.13. The van der Waals surface area contributed by atoms with Crippen LogP contribution >= 0.6 is 0 Å². The Morgan fingerprint density at radius 2 is 0.818 bits per heavy atom. The lowest BCUT2D eigenvalue weighted by molar-refractivity contribution is 0.0273. The zero-order chi connectivity index (χ0) is 31.0. The molecule has 0 amide bonds. The van der Waals surface area contributed by atoms with Crippen LogP contribution < -0.4 is 9.47 Å². The summed E-state index contributed by atoms with van der Waals surface area (Å²) in [6.45, 7) is 2.51. The number of allylic oxidation sites excluding steroid dienone is 2. The van der Waals surface area contributed by atoms with Crippen LogP contribution in [0, 0.1) is 0 Å². The highest BCUT2D eigenvalue weighted by Crippen LogP contribution is 2.16. The van der Waals surface area contributed by atoms with Gasteiger partial charge < -0.3 is 29.2 Å². The van der Waals surface area contributed by atoms with Crippen LogP contribution in [0.2, 0.25) is 0 Å². The van der Waals surface area contributed by atoms with Crippen molar-refractivity contribution in [2.75, 3.05) is 39.6 Å². The first-order chi connectivity index (χ1) is 21.5. The molecule has 0 radical (unpaired) electrons. The molecule has 0 bridgehead atoms. The van der Waals surface area contributed by atoms with E-state index in [1.165, 1.54) is 36.4 Å². The number of hydrogen-bond donors (Lipinski definition) is 2. The van der Waals surface area contributed by atoms with Gasteiger partial charge in [-0.1, -0.05) is 36.4 Å². The Balaban J connectivity index is 1.02. The Hall–Kier alpha value is -5.18. The molecular formula is C36H34O8. The predicted molar refractivity (Wildman–Crippen MR) is 168 cm³/mol. The van der Waals surface area contributed by atoms with E-state index in [0.717, 1.165) is 11.1 Å². The standard InChI is InChI=1S/C36H34O8/c37-31-11-7-29(8-12-31)35(39)19-5-27-1-15-33(16-2-27)43-25-23-41-21-22-42-24-26-44-34-17-3-28(4-18-34)6-20-36(40)30-9-13-32(38)14-10-30/h1-20,37-38H,21-26H2. The summed E-state index contributed by atoms with van der Waals surface area (Å²) >= 11 is 0. The van der Waals surface area contributed by atoms with Crippen molar-refractivity contribution in [3.05, 3.63) is 131 Å². The Labute approximate surface area is 256 Å². The molecule has 44 heavy (non-hydrogen) atoms. The van der Waals surface area contributed by atoms with E-state index in [9.17, 15) is 19.8 Å². The van der Waals surface area contributed by atoms with E-state index < -0.39 is 0 Å². The third kappa shape index (κ3) is 10.9. The van der Waals surface area contributed by atoms with Gasteiger partial charge in [-0.3, -0.25) is 9.59 Å². The molecule has 8 heteroatoms. The molecule has 0 spiro atoms. The van der Waals surface area contributed by atoms with E-state index in [0.29, 0.717) is 62.3 Å². The smallest absolute Gasteiger partial charge is 0.185 e. The van der Waals surface area contributed by atoms with Gasteiger partial charge in [-0.25, -0.2) is 0 Å². The number of ketones is 2. The van der Waals surface area contributed by atoms with E-state index in [2.05, 4.69) is 0 Å². The molecule has 2 N–H and O–H groups in total. The quantitative estimate of drug-likeness (QED) is 0.0823. The van der Waals surface area contributed by atoms with Gasteiger partial charge in [-0.2, -0.15) is 0 Å². The highest BCUT2D eigenvalue weighted by atomic mass is 16.6. The molecule has 0 saturated heterocycles. The zero-order valence-electron chi connectivity index (χ0n) is 24.1. The monoisotopic (exact) mass is 594 g/mol. The number of aromatic hydroxyl groups is 2. The number of carbonyl (C=O) groups excluding carboxylic acids is 2. The first-order valence-electron chi connectivity index (χ1n) is 14.1. The van der Waals surface area contributed by atoms with Gasteiger partial charge in [0, 0.05) is 11.1 Å². The summed E-state index contributed by atoms with van der Waals surface area (Å²) in [6.07, 6.45) is 6.45. The minimum absolute atomic E-state index is 0.122. The second kappa shape index (κ2) is 17.1. The van der Waals surface area contributed by atoms with E-state index >= 15 is 0 Å². The summed E-state index contributed by atoms with van der Waals surface area (Å²) in [6, 6.07) is 27.0. The molecule has 0 aliphatic rings. The second-order valence-corrected chi connectivity index (χ2v) is 9.55. The molecule has 0 atom stereocenters. The van der Waals surface area contributed by atoms with Gasteiger partial charge in [-0.05, 0) is 96.1 Å². The Bertz CT molecular complexity index is 1400. The zero-order valence-corrected chi connectivity index (χ0v) is 24.1. The van der Waals surface area contributed by atoms with Crippen LogP contribution in [0.15, 0.2) is 109 Å². The molecule has 0 aromatic heterocycles. The van der Waals surface area contributed by atoms with Crippen LogP contribution in [-0.2, 0) is 9.47 Å². The third-order valence-corrected chi connectivity index (χ3v) is 6.28. The van der Waals surface area contributed by atoms with Gasteiger partial charge in [0.2, 0.25) is 0 Å². The van der Waals surface area contributed by atoms with Crippen LogP contribution in [0.1, 0.15) is 31.8 Å².